The molecule has 0 bridgehead atoms. The average molecular weight is 398 g/mol. The highest BCUT2D eigenvalue weighted by Crippen LogP contribution is 2.23. The number of hydrogen-bond acceptors (Lipinski definition) is 8. The van der Waals surface area contributed by atoms with E-state index in [-0.39, 0.29) is 16.4 Å². The zero-order valence-electron chi connectivity index (χ0n) is 15.0. The van der Waals surface area contributed by atoms with Crippen molar-refractivity contribution in [2.75, 3.05) is 31.1 Å². The highest BCUT2D eigenvalue weighted by Gasteiger charge is 2.20. The van der Waals surface area contributed by atoms with E-state index in [0.29, 0.717) is 12.2 Å². The Labute approximate surface area is 166 Å². The average Bonchev–Trinajstić information content (AvgIpc) is 3.10. The fraction of sp³-hybridized carbons (Fsp3) is 0.278. The third-order valence-electron chi connectivity index (χ3n) is 4.59. The van der Waals surface area contributed by atoms with Gasteiger partial charge in [-0.3, -0.25) is 15.0 Å². The molecule has 3 heterocycles. The van der Waals surface area contributed by atoms with Gasteiger partial charge in [0.2, 0.25) is 5.89 Å². The zero-order valence-corrected chi connectivity index (χ0v) is 15.8. The first-order chi connectivity index (χ1) is 13.6. The van der Waals surface area contributed by atoms with Gasteiger partial charge in [-0.25, -0.2) is 9.67 Å². The van der Waals surface area contributed by atoms with Crippen LogP contribution in [-0.2, 0) is 6.67 Å². The molecule has 144 valence electrons. The highest BCUT2D eigenvalue weighted by atomic mass is 32.1. The monoisotopic (exact) mass is 398 g/mol. The van der Waals surface area contributed by atoms with Crippen molar-refractivity contribution in [3.8, 4) is 11.5 Å². The highest BCUT2D eigenvalue weighted by molar-refractivity contribution is 7.71. The first-order valence-corrected chi connectivity index (χ1v) is 9.22. The fourth-order valence-electron chi connectivity index (χ4n) is 3.11. The predicted molar refractivity (Wildman–Crippen MR) is 105 cm³/mol. The summed E-state index contributed by atoms with van der Waals surface area (Å²) in [5.74, 6) is 1.26. The van der Waals surface area contributed by atoms with Crippen molar-refractivity contribution < 1.29 is 9.34 Å². The van der Waals surface area contributed by atoms with Crippen LogP contribution in [-0.4, -0.2) is 50.8 Å². The normalized spacial score (nSPS) is 14.9. The van der Waals surface area contributed by atoms with Gasteiger partial charge in [0.15, 0.2) is 0 Å². The molecule has 28 heavy (non-hydrogen) atoms. The number of nitro groups is 1. The van der Waals surface area contributed by atoms with Crippen molar-refractivity contribution in [2.45, 2.75) is 6.67 Å². The summed E-state index contributed by atoms with van der Waals surface area (Å²) >= 11 is 5.28. The fourth-order valence-corrected chi connectivity index (χ4v) is 3.29. The summed E-state index contributed by atoms with van der Waals surface area (Å²) in [4.78, 5) is 19.6. The van der Waals surface area contributed by atoms with E-state index >= 15 is 0 Å². The summed E-state index contributed by atoms with van der Waals surface area (Å²) in [5.41, 5.74) is 0.512. The Morgan fingerprint density at radius 2 is 1.96 bits per heavy atom. The van der Waals surface area contributed by atoms with Gasteiger partial charge in [0.05, 0.1) is 11.6 Å². The standard InChI is InChI=1S/C18H18N6O3S/c25-24(26)15-5-3-4-14(12-15)17-20-23(18(28)27-17)13-21-8-10-22(11-9-21)16-6-1-2-7-19-16/h1-7,12H,8-11,13H2. The quantitative estimate of drug-likeness (QED) is 0.368. The second-order valence-electron chi connectivity index (χ2n) is 6.41. The van der Waals surface area contributed by atoms with Gasteiger partial charge in [-0.15, -0.1) is 5.10 Å². The molecular weight excluding hydrogens is 380 g/mol. The number of aromatic nitrogens is 3. The van der Waals surface area contributed by atoms with Crippen LogP contribution in [0, 0.1) is 15.0 Å². The number of nitrogens with zero attached hydrogens (tertiary/aromatic N) is 6. The molecule has 1 fully saturated rings. The van der Waals surface area contributed by atoms with Gasteiger partial charge in [0, 0.05) is 50.1 Å². The van der Waals surface area contributed by atoms with Crippen molar-refractivity contribution in [1.29, 1.82) is 0 Å². The molecule has 4 rings (SSSR count). The molecule has 0 radical (unpaired) electrons. The molecule has 3 aromatic rings. The van der Waals surface area contributed by atoms with Crippen molar-refractivity contribution in [3.05, 3.63) is 63.6 Å². The molecule has 1 aromatic carbocycles. The summed E-state index contributed by atoms with van der Waals surface area (Å²) < 4.78 is 7.18. The Bertz CT molecular complexity index is 1030. The molecule has 10 heteroatoms. The maximum Gasteiger partial charge on any atom is 0.288 e. The molecule has 0 amide bonds. The molecule has 0 aliphatic carbocycles. The molecule has 0 spiro atoms. The van der Waals surface area contributed by atoms with Crippen LogP contribution in [0.25, 0.3) is 11.5 Å². The summed E-state index contributed by atoms with van der Waals surface area (Å²) in [6, 6.07) is 12.1. The number of piperazine rings is 1. The topological polar surface area (TPSA) is 93.5 Å². The maximum absolute atomic E-state index is 11.0. The summed E-state index contributed by atoms with van der Waals surface area (Å²) in [6.45, 7) is 3.92. The van der Waals surface area contributed by atoms with Gasteiger partial charge in [-0.05, 0) is 30.4 Å². The number of anilines is 1. The van der Waals surface area contributed by atoms with Crippen LogP contribution in [0.3, 0.4) is 0 Å². The largest absolute Gasteiger partial charge is 0.409 e. The van der Waals surface area contributed by atoms with Crippen LogP contribution in [0.5, 0.6) is 0 Å². The summed E-state index contributed by atoms with van der Waals surface area (Å²) in [5, 5.41) is 15.4. The van der Waals surface area contributed by atoms with E-state index in [1.54, 1.807) is 23.0 Å². The van der Waals surface area contributed by atoms with Crippen molar-refractivity contribution in [2.24, 2.45) is 0 Å². The first-order valence-electron chi connectivity index (χ1n) is 8.81. The van der Waals surface area contributed by atoms with E-state index < -0.39 is 4.92 Å². The minimum atomic E-state index is -0.448. The number of pyridine rings is 1. The van der Waals surface area contributed by atoms with Crippen molar-refractivity contribution in [3.63, 3.8) is 0 Å². The van der Waals surface area contributed by atoms with Crippen LogP contribution in [0.4, 0.5) is 11.5 Å². The summed E-state index contributed by atoms with van der Waals surface area (Å²) in [6.07, 6.45) is 1.80. The lowest BCUT2D eigenvalue weighted by Crippen LogP contribution is -2.47. The molecule has 2 aromatic heterocycles. The Morgan fingerprint density at radius 3 is 2.68 bits per heavy atom. The Balaban J connectivity index is 1.43. The molecule has 1 saturated heterocycles. The minimum Gasteiger partial charge on any atom is -0.409 e. The number of hydrogen-bond donors (Lipinski definition) is 0. The van der Waals surface area contributed by atoms with E-state index in [4.69, 9.17) is 16.6 Å². The number of non-ortho nitro benzene ring substituents is 1. The van der Waals surface area contributed by atoms with Crippen LogP contribution in [0.1, 0.15) is 0 Å². The van der Waals surface area contributed by atoms with Crippen molar-refractivity contribution in [1.82, 2.24) is 19.7 Å². The van der Waals surface area contributed by atoms with Crippen LogP contribution < -0.4 is 4.90 Å². The second-order valence-corrected chi connectivity index (χ2v) is 6.76. The van der Waals surface area contributed by atoms with Gasteiger partial charge in [0.25, 0.3) is 10.5 Å². The molecule has 1 aliphatic heterocycles. The van der Waals surface area contributed by atoms with Gasteiger partial charge < -0.3 is 9.32 Å². The van der Waals surface area contributed by atoms with Gasteiger partial charge in [0.1, 0.15) is 5.82 Å². The van der Waals surface area contributed by atoms with Gasteiger partial charge in [-0.1, -0.05) is 12.1 Å². The molecule has 0 atom stereocenters. The Morgan fingerprint density at radius 1 is 1.14 bits per heavy atom. The van der Waals surface area contributed by atoms with Gasteiger partial charge >= 0.3 is 0 Å². The van der Waals surface area contributed by atoms with E-state index in [0.717, 1.165) is 32.0 Å². The smallest absolute Gasteiger partial charge is 0.288 e. The molecule has 0 unspecified atom stereocenters. The van der Waals surface area contributed by atoms with Crippen LogP contribution >= 0.6 is 12.2 Å². The second kappa shape index (κ2) is 7.87. The lowest BCUT2D eigenvalue weighted by atomic mass is 10.2. The zero-order chi connectivity index (χ0) is 19.5. The third-order valence-corrected chi connectivity index (χ3v) is 4.88. The summed E-state index contributed by atoms with van der Waals surface area (Å²) in [7, 11) is 0. The van der Waals surface area contributed by atoms with Crippen LogP contribution in [0.2, 0.25) is 0 Å². The molecule has 0 saturated carbocycles. The van der Waals surface area contributed by atoms with E-state index in [2.05, 4.69) is 19.9 Å². The Kier molecular flexibility index (Phi) is 5.13. The van der Waals surface area contributed by atoms with Crippen LogP contribution in [0.15, 0.2) is 53.1 Å². The maximum atomic E-state index is 11.0. The lowest BCUT2D eigenvalue weighted by Gasteiger charge is -2.34. The predicted octanol–water partition coefficient (Wildman–Crippen LogP) is 2.96. The Hall–Kier alpha value is -3.11. The minimum absolute atomic E-state index is 0.0150. The first kappa shape index (κ1) is 18.3. The molecule has 0 N–H and O–H groups in total. The molecular formula is C18H18N6O3S. The molecule has 9 nitrogen and oxygen atoms in total. The molecule has 1 aliphatic rings. The third kappa shape index (κ3) is 3.92. The SMILES string of the molecule is O=[N+]([O-])c1cccc(-c2nn(CN3CCN(c4ccccn4)CC3)c(=S)o2)c1. The van der Waals surface area contributed by atoms with E-state index in [9.17, 15) is 10.1 Å². The number of rotatable bonds is 5. The number of nitro benzene ring substituents is 1. The van der Waals surface area contributed by atoms with E-state index in [1.807, 2.05) is 18.2 Å². The van der Waals surface area contributed by atoms with E-state index in [1.165, 1.54) is 12.1 Å². The lowest BCUT2D eigenvalue weighted by molar-refractivity contribution is -0.384. The van der Waals surface area contributed by atoms with Crippen molar-refractivity contribution >= 4 is 23.7 Å². The van der Waals surface area contributed by atoms with Gasteiger partial charge in [-0.2, -0.15) is 0 Å². The number of benzene rings is 1.